The molecule has 0 saturated carbocycles. The van der Waals surface area contributed by atoms with Crippen molar-refractivity contribution in [2.24, 2.45) is 0 Å². The molecule has 0 aromatic carbocycles. The van der Waals surface area contributed by atoms with Gasteiger partial charge in [-0.25, -0.2) is 4.79 Å². The van der Waals surface area contributed by atoms with Gasteiger partial charge in [0.2, 0.25) is 5.76 Å². The third-order valence-corrected chi connectivity index (χ3v) is 4.98. The lowest BCUT2D eigenvalue weighted by atomic mass is 10.0. The smallest absolute Gasteiger partial charge is 0.377 e. The minimum absolute atomic E-state index is 0.329. The Morgan fingerprint density at radius 2 is 1.31 bits per heavy atom. The van der Waals surface area contributed by atoms with E-state index in [1.807, 2.05) is 0 Å². The van der Waals surface area contributed by atoms with Gasteiger partial charge in [0.25, 0.3) is 0 Å². The van der Waals surface area contributed by atoms with Crippen LogP contribution >= 0.6 is 0 Å². The van der Waals surface area contributed by atoms with E-state index in [0.717, 1.165) is 12.8 Å². The number of carbonyl (C=O) groups excluding carboxylic acids is 1. The fourth-order valence-corrected chi connectivity index (χ4v) is 3.28. The number of aliphatic hydroxyl groups is 2. The van der Waals surface area contributed by atoms with Crippen LogP contribution in [-0.4, -0.2) is 22.3 Å². The molecule has 26 heavy (non-hydrogen) atoms. The molecule has 4 nitrogen and oxygen atoms in total. The molecule has 1 aliphatic rings. The summed E-state index contributed by atoms with van der Waals surface area (Å²) in [5.41, 5.74) is 0. The zero-order chi connectivity index (χ0) is 19.0. The predicted octanol–water partition coefficient (Wildman–Crippen LogP) is 6.67. The van der Waals surface area contributed by atoms with Crippen molar-refractivity contribution in [3.63, 3.8) is 0 Å². The summed E-state index contributed by atoms with van der Waals surface area (Å²) in [7, 11) is 0. The number of hydrogen-bond acceptors (Lipinski definition) is 4. The van der Waals surface area contributed by atoms with Crippen molar-refractivity contribution in [3.8, 4) is 0 Å². The summed E-state index contributed by atoms with van der Waals surface area (Å²) in [6.45, 7) is 2.26. The minimum Gasteiger partial charge on any atom is -0.505 e. The molecule has 0 unspecified atom stereocenters. The van der Waals surface area contributed by atoms with E-state index in [0.29, 0.717) is 6.42 Å². The molecule has 1 rings (SSSR count). The average molecular weight is 367 g/mol. The molecule has 0 amide bonds. The second-order valence-corrected chi connectivity index (χ2v) is 7.35. The largest absolute Gasteiger partial charge is 0.505 e. The summed E-state index contributed by atoms with van der Waals surface area (Å²) in [6.07, 6.45) is 22.2. The summed E-state index contributed by atoms with van der Waals surface area (Å²) < 4.78 is 4.86. The lowest BCUT2D eigenvalue weighted by molar-refractivity contribution is -0.142. The highest BCUT2D eigenvalue weighted by Crippen LogP contribution is 2.22. The first kappa shape index (κ1) is 22.6. The first-order valence-electron chi connectivity index (χ1n) is 10.6. The molecule has 1 heterocycles. The van der Waals surface area contributed by atoms with Crippen molar-refractivity contribution in [2.75, 3.05) is 0 Å². The molecule has 0 aromatic rings. The molecule has 0 aliphatic carbocycles. The van der Waals surface area contributed by atoms with Gasteiger partial charge in [-0.1, -0.05) is 89.7 Å². The van der Waals surface area contributed by atoms with Gasteiger partial charge in [-0.15, -0.1) is 0 Å². The Hall–Kier alpha value is -1.45. The minimum atomic E-state index is -0.826. The second kappa shape index (κ2) is 14.7. The maximum atomic E-state index is 11.1. The van der Waals surface area contributed by atoms with Gasteiger partial charge in [0.15, 0.2) is 11.9 Å². The number of unbranched alkanes of at least 4 members (excludes halogenated alkanes) is 12. The maximum absolute atomic E-state index is 11.1. The Bertz CT molecular complexity index is 439. The third kappa shape index (κ3) is 9.88. The first-order chi connectivity index (χ1) is 12.7. The molecule has 1 atom stereocenters. The van der Waals surface area contributed by atoms with Gasteiger partial charge < -0.3 is 14.9 Å². The maximum Gasteiger partial charge on any atom is 0.377 e. The van der Waals surface area contributed by atoms with Gasteiger partial charge in [0, 0.05) is 0 Å². The number of allylic oxidation sites excluding steroid dienone is 2. The van der Waals surface area contributed by atoms with E-state index in [9.17, 15) is 15.0 Å². The molecule has 0 spiro atoms. The van der Waals surface area contributed by atoms with E-state index in [2.05, 4.69) is 19.1 Å². The lowest BCUT2D eigenvalue weighted by Crippen LogP contribution is -2.10. The molecule has 0 aromatic heterocycles. The molecular weight excluding hydrogens is 328 g/mol. The molecular formula is C22H38O4. The second-order valence-electron chi connectivity index (χ2n) is 7.35. The van der Waals surface area contributed by atoms with Crippen LogP contribution in [-0.2, 0) is 9.53 Å². The van der Waals surface area contributed by atoms with Gasteiger partial charge >= 0.3 is 5.97 Å². The molecule has 0 saturated heterocycles. The van der Waals surface area contributed by atoms with Gasteiger partial charge in [0.1, 0.15) is 0 Å². The van der Waals surface area contributed by atoms with Crippen LogP contribution < -0.4 is 0 Å². The van der Waals surface area contributed by atoms with E-state index in [-0.39, 0.29) is 5.76 Å². The highest BCUT2D eigenvalue weighted by molar-refractivity contribution is 5.88. The fourth-order valence-electron chi connectivity index (χ4n) is 3.28. The Kier molecular flexibility index (Phi) is 12.8. The summed E-state index contributed by atoms with van der Waals surface area (Å²) in [5, 5.41) is 18.7. The third-order valence-electron chi connectivity index (χ3n) is 4.98. The Morgan fingerprint density at radius 3 is 1.81 bits per heavy atom. The van der Waals surface area contributed by atoms with Crippen LogP contribution in [0.2, 0.25) is 0 Å². The lowest BCUT2D eigenvalue weighted by Gasteiger charge is -2.07. The van der Waals surface area contributed by atoms with Gasteiger partial charge in [-0.2, -0.15) is 0 Å². The monoisotopic (exact) mass is 366 g/mol. The summed E-state index contributed by atoms with van der Waals surface area (Å²) >= 11 is 0. The molecule has 150 valence electrons. The zero-order valence-corrected chi connectivity index (χ0v) is 16.5. The van der Waals surface area contributed by atoms with Crippen molar-refractivity contribution in [1.29, 1.82) is 0 Å². The quantitative estimate of drug-likeness (QED) is 0.182. The number of hydrogen-bond donors (Lipinski definition) is 2. The van der Waals surface area contributed by atoms with E-state index < -0.39 is 17.8 Å². The predicted molar refractivity (Wildman–Crippen MR) is 106 cm³/mol. The topological polar surface area (TPSA) is 66.8 Å². The SMILES string of the molecule is CCCCCCCCCCCCCC/C=C\CC[C@@H]1OC(=O)C(O)=C1O. The van der Waals surface area contributed by atoms with Crippen LogP contribution in [0.15, 0.2) is 23.7 Å². The van der Waals surface area contributed by atoms with E-state index >= 15 is 0 Å². The van der Waals surface area contributed by atoms with Crippen LogP contribution in [0.3, 0.4) is 0 Å². The Balaban J connectivity index is 1.83. The van der Waals surface area contributed by atoms with Crippen molar-refractivity contribution in [2.45, 2.75) is 109 Å². The Morgan fingerprint density at radius 1 is 0.808 bits per heavy atom. The number of ether oxygens (including phenoxy) is 1. The molecule has 0 radical (unpaired) electrons. The summed E-state index contributed by atoms with van der Waals surface area (Å²) in [4.78, 5) is 11.1. The van der Waals surface area contributed by atoms with Crippen molar-refractivity contribution in [3.05, 3.63) is 23.7 Å². The van der Waals surface area contributed by atoms with Crippen LogP contribution in [0, 0.1) is 0 Å². The van der Waals surface area contributed by atoms with E-state index in [4.69, 9.17) is 4.74 Å². The highest BCUT2D eigenvalue weighted by atomic mass is 16.6. The van der Waals surface area contributed by atoms with Crippen molar-refractivity contribution < 1.29 is 19.7 Å². The number of cyclic esters (lactones) is 1. The number of aliphatic hydroxyl groups excluding tert-OH is 2. The van der Waals surface area contributed by atoms with Crippen LogP contribution in [0.25, 0.3) is 0 Å². The van der Waals surface area contributed by atoms with E-state index in [1.165, 1.54) is 77.0 Å². The van der Waals surface area contributed by atoms with Gasteiger partial charge in [-0.3, -0.25) is 0 Å². The van der Waals surface area contributed by atoms with Crippen LogP contribution in [0.4, 0.5) is 0 Å². The molecule has 0 bridgehead atoms. The summed E-state index contributed by atoms with van der Waals surface area (Å²) in [5.74, 6) is -1.80. The molecule has 2 N–H and O–H groups in total. The average Bonchev–Trinajstić information content (AvgIpc) is 2.88. The number of rotatable bonds is 16. The highest BCUT2D eigenvalue weighted by Gasteiger charge is 2.33. The molecule has 0 fully saturated rings. The normalized spacial score (nSPS) is 17.4. The van der Waals surface area contributed by atoms with E-state index in [1.54, 1.807) is 0 Å². The van der Waals surface area contributed by atoms with Crippen LogP contribution in [0.1, 0.15) is 103 Å². The fraction of sp³-hybridized carbons (Fsp3) is 0.773. The Labute approximate surface area is 159 Å². The standard InChI is InChI=1S/C22H38O4/c1-2-3-4-5-6-7-8-9-10-11-12-13-14-15-16-17-18-19-20(23)21(24)22(25)26-19/h15-16,19,23-24H,2-14,17-18H2,1H3/b16-15-/t19-/m0/s1. The first-order valence-corrected chi connectivity index (χ1v) is 10.6. The zero-order valence-electron chi connectivity index (χ0n) is 16.5. The van der Waals surface area contributed by atoms with Gasteiger partial charge in [0.05, 0.1) is 0 Å². The van der Waals surface area contributed by atoms with Gasteiger partial charge in [-0.05, 0) is 25.7 Å². The number of carbonyl (C=O) groups is 1. The van der Waals surface area contributed by atoms with Crippen molar-refractivity contribution >= 4 is 5.97 Å². The van der Waals surface area contributed by atoms with Crippen LogP contribution in [0.5, 0.6) is 0 Å². The van der Waals surface area contributed by atoms with Crippen molar-refractivity contribution in [1.82, 2.24) is 0 Å². The molecule has 1 aliphatic heterocycles. The summed E-state index contributed by atoms with van der Waals surface area (Å²) in [6, 6.07) is 0. The molecule has 4 heteroatoms. The number of esters is 1.